The SMILES string of the molecule is CCOc1ccc(C(=O)N/N=C/c2cc(Br)c(OCc3ccc(Cl)cc3)c(Br)c2)cc1OC. The van der Waals surface area contributed by atoms with Gasteiger partial charge in [-0.25, -0.2) is 5.43 Å². The first-order valence-corrected chi connectivity index (χ1v) is 11.9. The van der Waals surface area contributed by atoms with Gasteiger partial charge in [-0.15, -0.1) is 0 Å². The van der Waals surface area contributed by atoms with Crippen molar-refractivity contribution in [3.05, 3.63) is 85.3 Å². The third-order valence-electron chi connectivity index (χ3n) is 4.42. The summed E-state index contributed by atoms with van der Waals surface area (Å²) in [5.74, 6) is 1.35. The Bertz CT molecular complexity index is 1130. The predicted octanol–water partition coefficient (Wildman–Crippen LogP) is 6.62. The minimum absolute atomic E-state index is 0.367. The van der Waals surface area contributed by atoms with Crippen LogP contribution in [0.3, 0.4) is 0 Å². The lowest BCUT2D eigenvalue weighted by atomic mass is 10.2. The number of methoxy groups -OCH3 is 1. The standard InChI is InChI=1S/C24H21Br2ClN2O4/c1-3-32-21-9-6-17(12-22(21)31-2)24(30)29-28-13-16-10-19(25)23(20(26)11-16)33-14-15-4-7-18(27)8-5-15/h4-13H,3,14H2,1-2H3,(H,29,30)/b28-13+. The third-order valence-corrected chi connectivity index (χ3v) is 5.85. The summed E-state index contributed by atoms with van der Waals surface area (Å²) in [5.41, 5.74) is 4.68. The maximum absolute atomic E-state index is 12.4. The van der Waals surface area contributed by atoms with Gasteiger partial charge < -0.3 is 14.2 Å². The molecule has 172 valence electrons. The smallest absolute Gasteiger partial charge is 0.271 e. The number of hydrogen-bond donors (Lipinski definition) is 1. The van der Waals surface area contributed by atoms with Crippen LogP contribution in [0.1, 0.15) is 28.4 Å². The molecule has 0 spiro atoms. The molecular formula is C24H21Br2ClN2O4. The van der Waals surface area contributed by atoms with E-state index >= 15 is 0 Å². The molecule has 3 rings (SSSR count). The zero-order valence-electron chi connectivity index (χ0n) is 17.9. The van der Waals surface area contributed by atoms with E-state index in [1.807, 2.05) is 43.3 Å². The van der Waals surface area contributed by atoms with E-state index in [9.17, 15) is 4.79 Å². The molecule has 3 aromatic carbocycles. The molecule has 6 nitrogen and oxygen atoms in total. The monoisotopic (exact) mass is 594 g/mol. The van der Waals surface area contributed by atoms with E-state index in [0.29, 0.717) is 41.0 Å². The molecule has 9 heteroatoms. The van der Waals surface area contributed by atoms with Crippen molar-refractivity contribution in [2.24, 2.45) is 5.10 Å². The van der Waals surface area contributed by atoms with Crippen molar-refractivity contribution in [3.63, 3.8) is 0 Å². The highest BCUT2D eigenvalue weighted by atomic mass is 79.9. The van der Waals surface area contributed by atoms with Crippen molar-refractivity contribution in [2.45, 2.75) is 13.5 Å². The van der Waals surface area contributed by atoms with E-state index < -0.39 is 0 Å². The Morgan fingerprint density at radius 3 is 2.36 bits per heavy atom. The van der Waals surface area contributed by atoms with Gasteiger partial charge in [-0.2, -0.15) is 5.10 Å². The summed E-state index contributed by atoms with van der Waals surface area (Å²) in [4.78, 5) is 12.4. The first-order chi connectivity index (χ1) is 15.9. The Kier molecular flexibility index (Phi) is 9.17. The van der Waals surface area contributed by atoms with Crippen LogP contribution in [0.2, 0.25) is 5.02 Å². The molecule has 0 aliphatic rings. The molecule has 0 unspecified atom stereocenters. The number of carbonyl (C=O) groups is 1. The molecule has 33 heavy (non-hydrogen) atoms. The fourth-order valence-electron chi connectivity index (χ4n) is 2.84. The van der Waals surface area contributed by atoms with Crippen LogP contribution in [-0.2, 0) is 6.61 Å². The van der Waals surface area contributed by atoms with Gasteiger partial charge in [0.25, 0.3) is 5.91 Å². The van der Waals surface area contributed by atoms with Crippen LogP contribution in [0.4, 0.5) is 0 Å². The fraction of sp³-hybridized carbons (Fsp3) is 0.167. The number of hydrazone groups is 1. The summed E-state index contributed by atoms with van der Waals surface area (Å²) in [5, 5.41) is 4.73. The lowest BCUT2D eigenvalue weighted by molar-refractivity contribution is 0.0954. The first-order valence-electron chi connectivity index (χ1n) is 9.91. The minimum Gasteiger partial charge on any atom is -0.493 e. The van der Waals surface area contributed by atoms with E-state index in [-0.39, 0.29) is 5.91 Å². The molecule has 1 amide bonds. The number of ether oxygens (including phenoxy) is 3. The van der Waals surface area contributed by atoms with Gasteiger partial charge in [-0.3, -0.25) is 4.79 Å². The topological polar surface area (TPSA) is 69.2 Å². The largest absolute Gasteiger partial charge is 0.493 e. The van der Waals surface area contributed by atoms with Gasteiger partial charge in [0.1, 0.15) is 12.4 Å². The van der Waals surface area contributed by atoms with Crippen molar-refractivity contribution in [1.29, 1.82) is 0 Å². The molecule has 0 fully saturated rings. The van der Waals surface area contributed by atoms with Crippen LogP contribution in [0, 0.1) is 0 Å². The van der Waals surface area contributed by atoms with Crippen LogP contribution in [0.15, 0.2) is 68.6 Å². The van der Waals surface area contributed by atoms with E-state index in [2.05, 4.69) is 42.4 Å². The Balaban J connectivity index is 1.64. The van der Waals surface area contributed by atoms with E-state index in [1.165, 1.54) is 7.11 Å². The van der Waals surface area contributed by atoms with Crippen molar-refractivity contribution in [1.82, 2.24) is 5.43 Å². The maximum Gasteiger partial charge on any atom is 0.271 e. The second-order valence-electron chi connectivity index (χ2n) is 6.73. The Morgan fingerprint density at radius 2 is 1.73 bits per heavy atom. The number of amides is 1. The van der Waals surface area contributed by atoms with Crippen molar-refractivity contribution >= 4 is 55.6 Å². The van der Waals surface area contributed by atoms with E-state index in [1.54, 1.807) is 24.4 Å². The van der Waals surface area contributed by atoms with E-state index in [0.717, 1.165) is 20.1 Å². The quantitative estimate of drug-likeness (QED) is 0.223. The lowest BCUT2D eigenvalue weighted by Crippen LogP contribution is -2.17. The second-order valence-corrected chi connectivity index (χ2v) is 8.87. The highest BCUT2D eigenvalue weighted by Crippen LogP contribution is 2.35. The van der Waals surface area contributed by atoms with Crippen LogP contribution in [-0.4, -0.2) is 25.8 Å². The van der Waals surface area contributed by atoms with Gasteiger partial charge in [0, 0.05) is 10.6 Å². The summed E-state index contributed by atoms with van der Waals surface area (Å²) in [7, 11) is 1.52. The zero-order chi connectivity index (χ0) is 23.8. The van der Waals surface area contributed by atoms with E-state index in [4.69, 9.17) is 25.8 Å². The van der Waals surface area contributed by atoms with Crippen LogP contribution in [0.5, 0.6) is 17.2 Å². The normalized spacial score (nSPS) is 10.8. The number of hydrogen-bond acceptors (Lipinski definition) is 5. The molecule has 0 heterocycles. The van der Waals surface area contributed by atoms with Gasteiger partial charge >= 0.3 is 0 Å². The summed E-state index contributed by atoms with van der Waals surface area (Å²) in [6, 6.07) is 16.1. The number of benzene rings is 3. The molecule has 0 aliphatic heterocycles. The summed E-state index contributed by atoms with van der Waals surface area (Å²) < 4.78 is 18.2. The van der Waals surface area contributed by atoms with Gasteiger partial charge in [0.2, 0.25) is 0 Å². The molecule has 0 atom stereocenters. The summed E-state index contributed by atoms with van der Waals surface area (Å²) in [6.45, 7) is 2.77. The van der Waals surface area contributed by atoms with Gasteiger partial charge in [0.15, 0.2) is 11.5 Å². The number of halogens is 3. The Hall–Kier alpha value is -2.55. The molecule has 3 aromatic rings. The molecular weight excluding hydrogens is 576 g/mol. The average Bonchev–Trinajstić information content (AvgIpc) is 2.80. The highest BCUT2D eigenvalue weighted by molar-refractivity contribution is 9.11. The molecule has 0 aromatic heterocycles. The predicted molar refractivity (Wildman–Crippen MR) is 137 cm³/mol. The van der Waals surface area contributed by atoms with Gasteiger partial charge in [0.05, 0.1) is 28.9 Å². The number of rotatable bonds is 9. The van der Waals surface area contributed by atoms with Gasteiger partial charge in [-0.1, -0.05) is 23.7 Å². The maximum atomic E-state index is 12.4. The van der Waals surface area contributed by atoms with Crippen molar-refractivity contribution in [2.75, 3.05) is 13.7 Å². The highest BCUT2D eigenvalue weighted by Gasteiger charge is 2.11. The fourth-order valence-corrected chi connectivity index (χ4v) is 4.42. The van der Waals surface area contributed by atoms with Crippen molar-refractivity contribution < 1.29 is 19.0 Å². The Labute approximate surface area is 214 Å². The summed E-state index contributed by atoms with van der Waals surface area (Å²) >= 11 is 13.0. The molecule has 1 N–H and O–H groups in total. The Morgan fingerprint density at radius 1 is 1.03 bits per heavy atom. The molecule has 0 saturated carbocycles. The van der Waals surface area contributed by atoms with Gasteiger partial charge in [-0.05, 0) is 92.4 Å². The number of nitrogens with one attached hydrogen (secondary N) is 1. The lowest BCUT2D eigenvalue weighted by Gasteiger charge is -2.11. The minimum atomic E-state index is -0.367. The van der Waals surface area contributed by atoms with Crippen molar-refractivity contribution in [3.8, 4) is 17.2 Å². The second kappa shape index (κ2) is 12.1. The van der Waals surface area contributed by atoms with Crippen LogP contribution < -0.4 is 19.6 Å². The molecule has 0 radical (unpaired) electrons. The number of nitrogens with zero attached hydrogens (tertiary/aromatic N) is 1. The van der Waals surface area contributed by atoms with Crippen LogP contribution >= 0.6 is 43.5 Å². The molecule has 0 saturated heterocycles. The number of carbonyl (C=O) groups excluding carboxylic acids is 1. The molecule has 0 aliphatic carbocycles. The first kappa shape index (κ1) is 25.1. The molecule has 0 bridgehead atoms. The average molecular weight is 597 g/mol. The third kappa shape index (κ3) is 6.96. The van der Waals surface area contributed by atoms with Crippen LogP contribution in [0.25, 0.3) is 0 Å². The zero-order valence-corrected chi connectivity index (χ0v) is 21.8. The summed E-state index contributed by atoms with van der Waals surface area (Å²) in [6.07, 6.45) is 1.54.